The Kier molecular flexibility index (Phi) is 5.63. The molecule has 3 rings (SSSR count). The first-order chi connectivity index (χ1) is 11.3. The molecule has 0 aliphatic carbocycles. The van der Waals surface area contributed by atoms with Crippen LogP contribution in [0.2, 0.25) is 5.02 Å². The summed E-state index contributed by atoms with van der Waals surface area (Å²) >= 11 is 5.99. The highest BCUT2D eigenvalue weighted by Crippen LogP contribution is 2.19. The van der Waals surface area contributed by atoms with E-state index in [1.54, 1.807) is 6.33 Å². The Hall–Kier alpha value is -1.89. The number of morpholine rings is 1. The van der Waals surface area contributed by atoms with Crippen molar-refractivity contribution in [2.75, 3.05) is 50.0 Å². The van der Waals surface area contributed by atoms with Gasteiger partial charge in [0.2, 0.25) is 0 Å². The van der Waals surface area contributed by atoms with E-state index in [1.165, 1.54) is 0 Å². The van der Waals surface area contributed by atoms with Crippen molar-refractivity contribution in [2.45, 2.75) is 0 Å². The van der Waals surface area contributed by atoms with Crippen LogP contribution in [0.25, 0.3) is 0 Å². The molecule has 0 bridgehead atoms. The first-order valence-corrected chi connectivity index (χ1v) is 8.06. The van der Waals surface area contributed by atoms with Gasteiger partial charge in [0, 0.05) is 43.0 Å². The van der Waals surface area contributed by atoms with E-state index in [4.69, 9.17) is 16.3 Å². The highest BCUT2D eigenvalue weighted by Gasteiger charge is 2.09. The molecule has 2 heterocycles. The topological polar surface area (TPSA) is 62.3 Å². The second-order valence-electron chi connectivity index (χ2n) is 5.30. The molecule has 1 fully saturated rings. The quantitative estimate of drug-likeness (QED) is 0.847. The normalized spacial score (nSPS) is 15.3. The van der Waals surface area contributed by atoms with Crippen LogP contribution in [-0.2, 0) is 4.74 Å². The zero-order valence-electron chi connectivity index (χ0n) is 12.8. The molecule has 1 saturated heterocycles. The largest absolute Gasteiger partial charge is 0.379 e. The molecular formula is C16H20ClN5O. The number of anilines is 3. The summed E-state index contributed by atoms with van der Waals surface area (Å²) in [6.07, 6.45) is 1.55. The number of aromatic nitrogens is 2. The molecule has 0 unspecified atom stereocenters. The average Bonchev–Trinajstić information content (AvgIpc) is 2.56. The van der Waals surface area contributed by atoms with E-state index < -0.39 is 0 Å². The third kappa shape index (κ3) is 5.06. The van der Waals surface area contributed by atoms with Crippen molar-refractivity contribution >= 4 is 28.9 Å². The van der Waals surface area contributed by atoms with Gasteiger partial charge in [-0.25, -0.2) is 9.97 Å². The molecule has 7 heteroatoms. The van der Waals surface area contributed by atoms with Crippen LogP contribution in [0.1, 0.15) is 0 Å². The van der Waals surface area contributed by atoms with Gasteiger partial charge in [-0.1, -0.05) is 17.7 Å². The van der Waals surface area contributed by atoms with Crippen LogP contribution in [0, 0.1) is 0 Å². The highest BCUT2D eigenvalue weighted by atomic mass is 35.5. The summed E-state index contributed by atoms with van der Waals surface area (Å²) in [6, 6.07) is 9.42. The molecule has 0 atom stereocenters. The lowest BCUT2D eigenvalue weighted by molar-refractivity contribution is 0.0398. The van der Waals surface area contributed by atoms with Crippen LogP contribution < -0.4 is 10.6 Å². The molecule has 0 radical (unpaired) electrons. The van der Waals surface area contributed by atoms with Crippen molar-refractivity contribution < 1.29 is 4.74 Å². The van der Waals surface area contributed by atoms with Gasteiger partial charge in [-0.2, -0.15) is 0 Å². The van der Waals surface area contributed by atoms with Crippen LogP contribution >= 0.6 is 11.6 Å². The van der Waals surface area contributed by atoms with Crippen molar-refractivity contribution in [3.8, 4) is 0 Å². The Labute approximate surface area is 140 Å². The van der Waals surface area contributed by atoms with Gasteiger partial charge in [0.05, 0.1) is 13.2 Å². The molecule has 1 aliphatic rings. The molecule has 0 spiro atoms. The third-order valence-electron chi connectivity index (χ3n) is 3.60. The minimum absolute atomic E-state index is 0.688. The van der Waals surface area contributed by atoms with Crippen LogP contribution in [0.15, 0.2) is 36.7 Å². The van der Waals surface area contributed by atoms with Crippen LogP contribution in [0.5, 0.6) is 0 Å². The zero-order chi connectivity index (χ0) is 15.9. The molecule has 23 heavy (non-hydrogen) atoms. The van der Waals surface area contributed by atoms with Gasteiger partial charge in [0.15, 0.2) is 0 Å². The maximum Gasteiger partial charge on any atom is 0.135 e. The summed E-state index contributed by atoms with van der Waals surface area (Å²) in [5.74, 6) is 1.54. The number of hydrogen-bond acceptors (Lipinski definition) is 6. The lowest BCUT2D eigenvalue weighted by Crippen LogP contribution is -2.39. The lowest BCUT2D eigenvalue weighted by Gasteiger charge is -2.26. The summed E-state index contributed by atoms with van der Waals surface area (Å²) in [6.45, 7) is 5.44. The Balaban J connectivity index is 1.52. The number of rotatable bonds is 6. The second kappa shape index (κ2) is 8.10. The first kappa shape index (κ1) is 16.0. The Morgan fingerprint density at radius 1 is 1.13 bits per heavy atom. The summed E-state index contributed by atoms with van der Waals surface area (Å²) in [5.41, 5.74) is 0.899. The van der Waals surface area contributed by atoms with E-state index in [0.717, 1.165) is 56.7 Å². The molecule has 122 valence electrons. The molecule has 2 aromatic rings. The van der Waals surface area contributed by atoms with Crippen molar-refractivity contribution in [1.82, 2.24) is 14.9 Å². The van der Waals surface area contributed by atoms with E-state index in [9.17, 15) is 0 Å². The third-order valence-corrected chi connectivity index (χ3v) is 3.84. The van der Waals surface area contributed by atoms with E-state index in [1.807, 2.05) is 30.3 Å². The van der Waals surface area contributed by atoms with Gasteiger partial charge < -0.3 is 15.4 Å². The van der Waals surface area contributed by atoms with E-state index in [0.29, 0.717) is 5.02 Å². The number of benzene rings is 1. The summed E-state index contributed by atoms with van der Waals surface area (Å²) in [4.78, 5) is 10.9. The fraction of sp³-hybridized carbons (Fsp3) is 0.375. The van der Waals surface area contributed by atoms with E-state index >= 15 is 0 Å². The fourth-order valence-electron chi connectivity index (χ4n) is 2.40. The maximum atomic E-state index is 5.99. The Morgan fingerprint density at radius 2 is 1.96 bits per heavy atom. The molecular weight excluding hydrogens is 314 g/mol. The summed E-state index contributed by atoms with van der Waals surface area (Å²) in [5, 5.41) is 7.24. The molecule has 0 amide bonds. The smallest absolute Gasteiger partial charge is 0.135 e. The van der Waals surface area contributed by atoms with Gasteiger partial charge in [0.1, 0.15) is 18.0 Å². The lowest BCUT2D eigenvalue weighted by atomic mass is 10.3. The minimum atomic E-state index is 0.688. The monoisotopic (exact) mass is 333 g/mol. The minimum Gasteiger partial charge on any atom is -0.379 e. The van der Waals surface area contributed by atoms with Crippen molar-refractivity contribution in [3.05, 3.63) is 41.7 Å². The van der Waals surface area contributed by atoms with Crippen molar-refractivity contribution in [1.29, 1.82) is 0 Å². The predicted molar refractivity (Wildman–Crippen MR) is 92.5 cm³/mol. The zero-order valence-corrected chi connectivity index (χ0v) is 13.6. The molecule has 1 aromatic heterocycles. The average molecular weight is 334 g/mol. The van der Waals surface area contributed by atoms with Crippen molar-refractivity contribution in [3.63, 3.8) is 0 Å². The predicted octanol–water partition coefficient (Wildman–Crippen LogP) is 2.62. The number of nitrogens with zero attached hydrogens (tertiary/aromatic N) is 3. The van der Waals surface area contributed by atoms with Gasteiger partial charge in [-0.15, -0.1) is 0 Å². The summed E-state index contributed by atoms with van der Waals surface area (Å²) in [7, 11) is 0. The molecule has 2 N–H and O–H groups in total. The van der Waals surface area contributed by atoms with Gasteiger partial charge in [0.25, 0.3) is 0 Å². The first-order valence-electron chi connectivity index (χ1n) is 7.68. The Morgan fingerprint density at radius 3 is 2.78 bits per heavy atom. The maximum absolute atomic E-state index is 5.99. The van der Waals surface area contributed by atoms with Crippen LogP contribution in [0.4, 0.5) is 17.3 Å². The van der Waals surface area contributed by atoms with Gasteiger partial charge in [-0.05, 0) is 18.2 Å². The number of nitrogens with one attached hydrogen (secondary N) is 2. The molecule has 0 saturated carbocycles. The molecule has 6 nitrogen and oxygen atoms in total. The highest BCUT2D eigenvalue weighted by molar-refractivity contribution is 6.30. The standard InChI is InChI=1S/C16H20ClN5O/c17-13-2-1-3-14(10-13)21-16-11-15(19-12-20-16)18-4-5-22-6-8-23-9-7-22/h1-3,10-12H,4-9H2,(H2,18,19,20,21). The summed E-state index contributed by atoms with van der Waals surface area (Å²) < 4.78 is 5.34. The Bertz CT molecular complexity index is 633. The number of halogens is 1. The number of hydrogen-bond donors (Lipinski definition) is 2. The second-order valence-corrected chi connectivity index (χ2v) is 5.74. The van der Waals surface area contributed by atoms with Crippen LogP contribution in [-0.4, -0.2) is 54.3 Å². The van der Waals surface area contributed by atoms with Gasteiger partial charge in [-0.3, -0.25) is 4.90 Å². The van der Waals surface area contributed by atoms with E-state index in [2.05, 4.69) is 25.5 Å². The van der Waals surface area contributed by atoms with Crippen molar-refractivity contribution in [2.24, 2.45) is 0 Å². The van der Waals surface area contributed by atoms with E-state index in [-0.39, 0.29) is 0 Å². The van der Waals surface area contributed by atoms with Gasteiger partial charge >= 0.3 is 0 Å². The number of ether oxygens (including phenoxy) is 1. The SMILES string of the molecule is Clc1cccc(Nc2cc(NCCN3CCOCC3)ncn2)c1. The molecule has 1 aliphatic heterocycles. The van der Waals surface area contributed by atoms with Crippen LogP contribution in [0.3, 0.4) is 0 Å². The fourth-order valence-corrected chi connectivity index (χ4v) is 2.59. The molecule has 1 aromatic carbocycles.